The van der Waals surface area contributed by atoms with E-state index in [1.807, 2.05) is 4.68 Å². The van der Waals surface area contributed by atoms with Gasteiger partial charge in [-0.2, -0.15) is 5.10 Å². The number of hydrogen-bond donors (Lipinski definition) is 0. The van der Waals surface area contributed by atoms with Crippen LogP contribution in [0.15, 0.2) is 122 Å². The van der Waals surface area contributed by atoms with Gasteiger partial charge in [0.25, 0.3) is 0 Å². The molecule has 5 rings (SSSR count). The van der Waals surface area contributed by atoms with E-state index < -0.39 is 9.52 Å². The van der Waals surface area contributed by atoms with Crippen LogP contribution in [-0.2, 0) is 6.17 Å². The van der Waals surface area contributed by atoms with Gasteiger partial charge in [-0.15, -0.1) is 0 Å². The molecule has 0 atom stereocenters. The number of nitrogens with zero attached hydrogens (tertiary/aromatic N) is 3. The van der Waals surface area contributed by atoms with Gasteiger partial charge in [-0.1, -0.05) is 84.9 Å². The van der Waals surface area contributed by atoms with Crippen molar-refractivity contribution >= 4 is 17.4 Å². The molecule has 5 aromatic rings. The van der Waals surface area contributed by atoms with Crippen LogP contribution in [0.5, 0.6) is 0 Å². The molecule has 0 unspecified atom stereocenters. The number of benzene rings is 4. The highest BCUT2D eigenvalue weighted by atomic mass is 28.2. The molecule has 0 amide bonds. The third kappa shape index (κ3) is 7.09. The average Bonchev–Trinajstić information content (AvgIpc) is 3.45. The fourth-order valence-corrected chi connectivity index (χ4v) is 6.17. The molecular formula is C29H28BF2N3Si. The van der Waals surface area contributed by atoms with Gasteiger partial charge in [0.05, 0.1) is 9.52 Å². The molecule has 0 saturated heterocycles. The molecule has 0 aliphatic rings. The molecule has 0 spiro atoms. The first-order valence-electron chi connectivity index (χ1n) is 12.0. The van der Waals surface area contributed by atoms with Crippen molar-refractivity contribution in [3.05, 3.63) is 156 Å². The van der Waals surface area contributed by atoms with Crippen LogP contribution in [-0.4, -0.2) is 32.1 Å². The predicted octanol–water partition coefficient (Wildman–Crippen LogP) is 4.88. The standard InChI is InChI=1S/C16H15F2N3Si.C13H13B/c17-14-5-1-12(2-6-14)16(13-3-7-15(18)8-4-13)22-11-21-10-19-9-20-21;14-13(11-7-3-1-4-8-11)12-9-5-2-6-10-12/h1-10,16H,11,22H2;1-10,13H,14H2. The van der Waals surface area contributed by atoms with E-state index in [0.29, 0.717) is 5.82 Å². The first kappa shape index (κ1) is 25.3. The van der Waals surface area contributed by atoms with E-state index in [9.17, 15) is 8.78 Å². The van der Waals surface area contributed by atoms with Gasteiger partial charge in [0, 0.05) is 6.17 Å². The third-order valence-electron chi connectivity index (χ3n) is 6.26. The van der Waals surface area contributed by atoms with Gasteiger partial charge in [-0.25, -0.2) is 13.8 Å². The van der Waals surface area contributed by atoms with E-state index in [0.717, 1.165) is 17.3 Å². The molecule has 0 aliphatic heterocycles. The highest BCUT2D eigenvalue weighted by Gasteiger charge is 2.15. The van der Waals surface area contributed by atoms with Crippen molar-refractivity contribution in [3.63, 3.8) is 0 Å². The lowest BCUT2D eigenvalue weighted by Crippen LogP contribution is -2.17. The predicted molar refractivity (Wildman–Crippen MR) is 146 cm³/mol. The normalized spacial score (nSPS) is 11.1. The number of rotatable bonds is 7. The monoisotopic (exact) mass is 495 g/mol. The van der Waals surface area contributed by atoms with E-state index in [1.54, 1.807) is 30.6 Å². The molecule has 1 heterocycles. The van der Waals surface area contributed by atoms with E-state index >= 15 is 0 Å². The van der Waals surface area contributed by atoms with Crippen LogP contribution in [0.1, 0.15) is 33.6 Å². The Morgan fingerprint density at radius 2 is 1.14 bits per heavy atom. The summed E-state index contributed by atoms with van der Waals surface area (Å²) in [6, 6.07) is 34.3. The minimum Gasteiger partial charge on any atom is -0.257 e. The molecule has 4 aromatic carbocycles. The molecule has 1 aromatic heterocycles. The van der Waals surface area contributed by atoms with Gasteiger partial charge in [0.2, 0.25) is 0 Å². The maximum atomic E-state index is 13.2. The molecule has 0 bridgehead atoms. The van der Waals surface area contributed by atoms with Crippen LogP contribution in [0.3, 0.4) is 0 Å². The van der Waals surface area contributed by atoms with E-state index in [2.05, 4.69) is 78.6 Å². The Hall–Kier alpha value is -3.84. The number of aromatic nitrogens is 3. The maximum Gasteiger partial charge on any atom is 0.137 e. The quantitative estimate of drug-likeness (QED) is 0.302. The van der Waals surface area contributed by atoms with Crippen molar-refractivity contribution in [1.29, 1.82) is 0 Å². The summed E-state index contributed by atoms with van der Waals surface area (Å²) in [7, 11) is 1.59. The van der Waals surface area contributed by atoms with Crippen LogP contribution in [0, 0.1) is 11.6 Å². The molecular weight excluding hydrogens is 467 g/mol. The molecule has 36 heavy (non-hydrogen) atoms. The summed E-state index contributed by atoms with van der Waals surface area (Å²) in [5.41, 5.74) is 5.04. The highest BCUT2D eigenvalue weighted by Crippen LogP contribution is 2.24. The Kier molecular flexibility index (Phi) is 8.94. The van der Waals surface area contributed by atoms with Crippen LogP contribution in [0.4, 0.5) is 8.78 Å². The summed E-state index contributed by atoms with van der Waals surface area (Å²) in [6.45, 7) is 0. The number of hydrogen-bond acceptors (Lipinski definition) is 2. The minimum absolute atomic E-state index is 0.186. The highest BCUT2D eigenvalue weighted by molar-refractivity contribution is 6.37. The van der Waals surface area contributed by atoms with Crippen LogP contribution < -0.4 is 0 Å². The number of halogens is 2. The van der Waals surface area contributed by atoms with E-state index in [-0.39, 0.29) is 17.2 Å². The fraction of sp³-hybridized carbons (Fsp3) is 0.103. The van der Waals surface area contributed by atoms with Crippen LogP contribution >= 0.6 is 0 Å². The van der Waals surface area contributed by atoms with Crippen molar-refractivity contribution in [2.75, 3.05) is 0 Å². The Bertz CT molecular complexity index is 1220. The first-order valence-corrected chi connectivity index (χ1v) is 13.8. The van der Waals surface area contributed by atoms with Gasteiger partial charge in [-0.3, -0.25) is 4.68 Å². The average molecular weight is 495 g/mol. The summed E-state index contributed by atoms with van der Waals surface area (Å²) in [4.78, 5) is 3.94. The molecule has 0 N–H and O–H groups in total. The summed E-state index contributed by atoms with van der Waals surface area (Å²) < 4.78 is 28.1. The largest absolute Gasteiger partial charge is 0.257 e. The topological polar surface area (TPSA) is 30.7 Å². The van der Waals surface area contributed by atoms with Gasteiger partial charge < -0.3 is 0 Å². The fourth-order valence-electron chi connectivity index (χ4n) is 4.20. The van der Waals surface area contributed by atoms with Crippen LogP contribution in [0.25, 0.3) is 0 Å². The zero-order valence-electron chi connectivity index (χ0n) is 20.2. The third-order valence-corrected chi connectivity index (χ3v) is 8.49. The molecule has 0 radical (unpaired) electrons. The molecule has 0 saturated carbocycles. The van der Waals surface area contributed by atoms with Gasteiger partial charge in [0.15, 0.2) is 0 Å². The van der Waals surface area contributed by atoms with Crippen molar-refractivity contribution < 1.29 is 8.78 Å². The Morgan fingerprint density at radius 3 is 1.56 bits per heavy atom. The Morgan fingerprint density at radius 1 is 0.667 bits per heavy atom. The molecule has 180 valence electrons. The van der Waals surface area contributed by atoms with E-state index in [4.69, 9.17) is 0 Å². The lowest BCUT2D eigenvalue weighted by Gasteiger charge is -2.17. The second kappa shape index (κ2) is 12.7. The van der Waals surface area contributed by atoms with Gasteiger partial charge in [0.1, 0.15) is 32.1 Å². The van der Waals surface area contributed by atoms with Crippen molar-refractivity contribution in [3.8, 4) is 0 Å². The second-order valence-electron chi connectivity index (χ2n) is 8.65. The Balaban J connectivity index is 0.000000187. The lowest BCUT2D eigenvalue weighted by molar-refractivity contribution is 0.626. The summed E-state index contributed by atoms with van der Waals surface area (Å²) in [6.07, 6.45) is 4.03. The molecule has 7 heteroatoms. The summed E-state index contributed by atoms with van der Waals surface area (Å²) >= 11 is 0. The SMILES string of the molecule is BC(c1ccccc1)c1ccccc1.Fc1ccc(C([SiH2]Cn2cncn2)c2ccc(F)cc2)cc1. The summed E-state index contributed by atoms with van der Waals surface area (Å²) in [5, 5.41) is 4.12. The maximum absolute atomic E-state index is 13.2. The zero-order chi connectivity index (χ0) is 25.2. The lowest BCUT2D eigenvalue weighted by atomic mass is 9.76. The smallest absolute Gasteiger partial charge is 0.137 e. The Labute approximate surface area is 214 Å². The van der Waals surface area contributed by atoms with Gasteiger partial charge in [-0.05, 0) is 57.9 Å². The van der Waals surface area contributed by atoms with Crippen molar-refractivity contribution in [2.24, 2.45) is 0 Å². The van der Waals surface area contributed by atoms with Gasteiger partial charge >= 0.3 is 0 Å². The van der Waals surface area contributed by atoms with Crippen molar-refractivity contribution in [1.82, 2.24) is 14.8 Å². The second-order valence-corrected chi connectivity index (χ2v) is 10.5. The zero-order valence-corrected chi connectivity index (χ0v) is 21.6. The molecule has 3 nitrogen and oxygen atoms in total. The van der Waals surface area contributed by atoms with E-state index in [1.165, 1.54) is 41.7 Å². The minimum atomic E-state index is -0.649. The van der Waals surface area contributed by atoms with Crippen molar-refractivity contribution in [2.45, 2.75) is 17.5 Å². The summed E-state index contributed by atoms with van der Waals surface area (Å²) in [5.74, 6) is -0.0171. The molecule has 0 fully saturated rings. The first-order chi connectivity index (χ1) is 17.6. The van der Waals surface area contributed by atoms with Crippen LogP contribution in [0.2, 0.25) is 0 Å². The molecule has 0 aliphatic carbocycles.